The minimum atomic E-state index is -3.41. The predicted molar refractivity (Wildman–Crippen MR) is 86.0 cm³/mol. The van der Waals surface area contributed by atoms with Crippen molar-refractivity contribution < 1.29 is 8.42 Å². The lowest BCUT2D eigenvalue weighted by Gasteiger charge is -2.39. The molecule has 5 heteroatoms. The van der Waals surface area contributed by atoms with Crippen LogP contribution in [0.15, 0.2) is 23.1 Å². The van der Waals surface area contributed by atoms with Gasteiger partial charge in [0, 0.05) is 25.2 Å². The molecule has 0 spiro atoms. The van der Waals surface area contributed by atoms with E-state index in [1.54, 1.807) is 16.4 Å². The molecule has 0 saturated carbocycles. The first-order valence-electron chi connectivity index (χ1n) is 7.72. The summed E-state index contributed by atoms with van der Waals surface area (Å²) in [6.45, 7) is 9.38. The van der Waals surface area contributed by atoms with Gasteiger partial charge in [-0.1, -0.05) is 19.9 Å². The van der Waals surface area contributed by atoms with Crippen molar-refractivity contribution in [1.82, 2.24) is 9.62 Å². The summed E-state index contributed by atoms with van der Waals surface area (Å²) < 4.78 is 27.7. The number of aryl methyl sites for hydroxylation is 2. The van der Waals surface area contributed by atoms with Gasteiger partial charge in [-0.25, -0.2) is 8.42 Å². The fraction of sp³-hybridized carbons (Fsp3) is 0.625. The van der Waals surface area contributed by atoms with Crippen LogP contribution in [0.1, 0.15) is 37.8 Å². The first-order valence-corrected chi connectivity index (χ1v) is 9.16. The zero-order valence-corrected chi connectivity index (χ0v) is 14.2. The van der Waals surface area contributed by atoms with Crippen LogP contribution in [0.2, 0.25) is 0 Å². The molecule has 1 aliphatic heterocycles. The van der Waals surface area contributed by atoms with Crippen molar-refractivity contribution in [3.8, 4) is 0 Å². The molecular formula is C16H26N2O2S. The minimum Gasteiger partial charge on any atom is -0.311 e. The number of hydrogen-bond donors (Lipinski definition) is 1. The summed E-state index contributed by atoms with van der Waals surface area (Å²) >= 11 is 0. The maximum atomic E-state index is 13.0. The zero-order valence-electron chi connectivity index (χ0n) is 13.4. The molecule has 1 saturated heterocycles. The Morgan fingerprint density at radius 2 is 1.90 bits per heavy atom. The second-order valence-electron chi connectivity index (χ2n) is 5.90. The summed E-state index contributed by atoms with van der Waals surface area (Å²) in [5, 5.41) is 3.44. The third kappa shape index (κ3) is 3.30. The van der Waals surface area contributed by atoms with Crippen LogP contribution < -0.4 is 5.32 Å². The van der Waals surface area contributed by atoms with E-state index in [9.17, 15) is 8.42 Å². The van der Waals surface area contributed by atoms with Crippen molar-refractivity contribution in [3.05, 3.63) is 29.3 Å². The molecule has 1 aromatic carbocycles. The normalized spacial score (nSPS) is 24.2. The Kier molecular flexibility index (Phi) is 5.07. The Bertz CT molecular complexity index is 598. The summed E-state index contributed by atoms with van der Waals surface area (Å²) in [4.78, 5) is 0.417. The van der Waals surface area contributed by atoms with Gasteiger partial charge in [-0.15, -0.1) is 0 Å². The standard InChI is InChI=1S/C16H26N2O2S/c1-5-14-11-18(15(6-2)10-17-14)21(19,20)16-8-7-12(3)13(4)9-16/h7-9,14-15,17H,5-6,10-11H2,1-4H3. The van der Waals surface area contributed by atoms with Crippen molar-refractivity contribution >= 4 is 10.0 Å². The highest BCUT2D eigenvalue weighted by Gasteiger charge is 2.35. The van der Waals surface area contributed by atoms with Crippen molar-refractivity contribution in [2.45, 2.75) is 57.5 Å². The SMILES string of the molecule is CCC1CN(S(=O)(=O)c2ccc(C)c(C)c2)C(CC)CN1. The van der Waals surface area contributed by atoms with Gasteiger partial charge < -0.3 is 5.32 Å². The second-order valence-corrected chi connectivity index (χ2v) is 7.79. The highest BCUT2D eigenvalue weighted by Crippen LogP contribution is 2.24. The number of sulfonamides is 1. The van der Waals surface area contributed by atoms with E-state index in [1.165, 1.54) is 0 Å². The maximum Gasteiger partial charge on any atom is 0.243 e. The van der Waals surface area contributed by atoms with Crippen LogP contribution in [0.5, 0.6) is 0 Å². The van der Waals surface area contributed by atoms with Crippen LogP contribution in [0, 0.1) is 13.8 Å². The first-order chi connectivity index (χ1) is 9.90. The Hall–Kier alpha value is -0.910. The maximum absolute atomic E-state index is 13.0. The van der Waals surface area contributed by atoms with Crippen LogP contribution in [0.25, 0.3) is 0 Å². The average Bonchev–Trinajstić information content (AvgIpc) is 2.49. The van der Waals surface area contributed by atoms with Gasteiger partial charge in [-0.05, 0) is 49.9 Å². The van der Waals surface area contributed by atoms with Crippen LogP contribution >= 0.6 is 0 Å². The highest BCUT2D eigenvalue weighted by atomic mass is 32.2. The number of nitrogens with zero attached hydrogens (tertiary/aromatic N) is 1. The molecule has 2 rings (SSSR count). The van der Waals surface area contributed by atoms with Crippen molar-refractivity contribution in [1.29, 1.82) is 0 Å². The lowest BCUT2D eigenvalue weighted by Crippen LogP contribution is -2.57. The molecule has 1 fully saturated rings. The monoisotopic (exact) mass is 310 g/mol. The van der Waals surface area contributed by atoms with E-state index in [4.69, 9.17) is 0 Å². The zero-order chi connectivity index (χ0) is 15.6. The molecule has 0 amide bonds. The molecule has 21 heavy (non-hydrogen) atoms. The molecule has 0 aromatic heterocycles. The molecule has 0 bridgehead atoms. The van der Waals surface area contributed by atoms with Gasteiger partial charge in [0.2, 0.25) is 10.0 Å². The van der Waals surface area contributed by atoms with Crippen molar-refractivity contribution in [2.24, 2.45) is 0 Å². The molecule has 1 heterocycles. The molecule has 2 unspecified atom stereocenters. The fourth-order valence-corrected chi connectivity index (χ4v) is 4.59. The number of nitrogens with one attached hydrogen (secondary N) is 1. The van der Waals surface area contributed by atoms with E-state index in [-0.39, 0.29) is 12.1 Å². The minimum absolute atomic E-state index is 0.0411. The van der Waals surface area contributed by atoms with Gasteiger partial charge >= 0.3 is 0 Å². The summed E-state index contributed by atoms with van der Waals surface area (Å²) in [5.41, 5.74) is 2.14. The predicted octanol–water partition coefficient (Wildman–Crippen LogP) is 2.45. The Labute approximate surface area is 128 Å². The lowest BCUT2D eigenvalue weighted by atomic mass is 10.1. The Balaban J connectivity index is 2.37. The van der Waals surface area contributed by atoms with Gasteiger partial charge in [0.15, 0.2) is 0 Å². The van der Waals surface area contributed by atoms with E-state index in [2.05, 4.69) is 12.2 Å². The highest BCUT2D eigenvalue weighted by molar-refractivity contribution is 7.89. The van der Waals surface area contributed by atoms with Crippen LogP contribution in [-0.2, 0) is 10.0 Å². The molecule has 1 N–H and O–H groups in total. The first kappa shape index (κ1) is 16.5. The molecule has 0 radical (unpaired) electrons. The van der Waals surface area contributed by atoms with Gasteiger partial charge in [-0.2, -0.15) is 4.31 Å². The number of piperazine rings is 1. The van der Waals surface area contributed by atoms with Gasteiger partial charge in [0.25, 0.3) is 0 Å². The van der Waals surface area contributed by atoms with Gasteiger partial charge in [-0.3, -0.25) is 0 Å². The van der Waals surface area contributed by atoms with Crippen LogP contribution in [0.3, 0.4) is 0 Å². The topological polar surface area (TPSA) is 49.4 Å². The van der Waals surface area contributed by atoms with E-state index in [1.807, 2.05) is 26.8 Å². The summed E-state index contributed by atoms with van der Waals surface area (Å²) in [6.07, 6.45) is 1.77. The largest absolute Gasteiger partial charge is 0.311 e. The molecular weight excluding hydrogens is 284 g/mol. The van der Waals surface area contributed by atoms with Crippen LogP contribution in [0.4, 0.5) is 0 Å². The molecule has 0 aliphatic carbocycles. The second kappa shape index (κ2) is 6.46. The number of hydrogen-bond acceptors (Lipinski definition) is 3. The number of rotatable bonds is 4. The van der Waals surface area contributed by atoms with E-state index < -0.39 is 10.0 Å². The lowest BCUT2D eigenvalue weighted by molar-refractivity contribution is 0.215. The molecule has 4 nitrogen and oxygen atoms in total. The summed E-state index contributed by atoms with van der Waals surface area (Å²) in [6, 6.07) is 5.70. The molecule has 118 valence electrons. The Morgan fingerprint density at radius 1 is 1.19 bits per heavy atom. The van der Waals surface area contributed by atoms with Crippen molar-refractivity contribution in [3.63, 3.8) is 0 Å². The van der Waals surface area contributed by atoms with E-state index in [0.29, 0.717) is 11.4 Å². The summed E-state index contributed by atoms with van der Waals surface area (Å²) in [5.74, 6) is 0. The molecule has 1 aliphatic rings. The van der Waals surface area contributed by atoms with Gasteiger partial charge in [0.05, 0.1) is 4.90 Å². The van der Waals surface area contributed by atoms with Crippen LogP contribution in [-0.4, -0.2) is 37.9 Å². The van der Waals surface area contributed by atoms with E-state index >= 15 is 0 Å². The molecule has 2 atom stereocenters. The number of benzene rings is 1. The smallest absolute Gasteiger partial charge is 0.243 e. The van der Waals surface area contributed by atoms with Crippen molar-refractivity contribution in [2.75, 3.05) is 13.1 Å². The quantitative estimate of drug-likeness (QED) is 0.929. The fourth-order valence-electron chi connectivity index (χ4n) is 2.76. The van der Waals surface area contributed by atoms with E-state index in [0.717, 1.165) is 30.5 Å². The Morgan fingerprint density at radius 3 is 2.48 bits per heavy atom. The molecule has 1 aromatic rings. The third-order valence-electron chi connectivity index (χ3n) is 4.50. The third-order valence-corrected chi connectivity index (χ3v) is 6.41. The average molecular weight is 310 g/mol. The van der Waals surface area contributed by atoms with Gasteiger partial charge in [0.1, 0.15) is 0 Å². The summed E-state index contributed by atoms with van der Waals surface area (Å²) in [7, 11) is -3.41.